The maximum Gasteiger partial charge on any atom is 0.175 e. The van der Waals surface area contributed by atoms with Gasteiger partial charge >= 0.3 is 0 Å². The second kappa shape index (κ2) is 16.9. The van der Waals surface area contributed by atoms with E-state index in [-0.39, 0.29) is 9.79 Å². The molecule has 1 aromatic rings. The van der Waals surface area contributed by atoms with Crippen molar-refractivity contribution in [3.05, 3.63) is 24.3 Å². The summed E-state index contributed by atoms with van der Waals surface area (Å²) in [6.07, 6.45) is 6.70. The second-order valence-electron chi connectivity index (χ2n) is 6.24. The summed E-state index contributed by atoms with van der Waals surface area (Å²) < 4.78 is 54.4. The van der Waals surface area contributed by atoms with Gasteiger partial charge in [0.05, 0.1) is 9.79 Å². The number of benzene rings is 1. The molecule has 0 heterocycles. The Hall–Kier alpha value is -0.960. The molecule has 8 heteroatoms. The molecule has 6 nitrogen and oxygen atoms in total. The molecular weight excluding hydrogens is 400 g/mol. The Morgan fingerprint density at radius 2 is 0.786 bits per heavy atom. The van der Waals surface area contributed by atoms with Gasteiger partial charge in [0.1, 0.15) is 0 Å². The molecule has 0 saturated carbocycles. The normalized spacial score (nSPS) is 11.1. The van der Waals surface area contributed by atoms with Gasteiger partial charge in [-0.05, 0) is 49.9 Å². The molecule has 0 fully saturated rings. The molecular formula is C20H38O6S2. The first kappa shape index (κ1) is 29.2. The number of hydrogen-bond donors (Lipinski definition) is 0. The zero-order valence-electron chi connectivity index (χ0n) is 18.2. The van der Waals surface area contributed by atoms with E-state index in [0.29, 0.717) is 0 Å². The molecule has 28 heavy (non-hydrogen) atoms. The van der Waals surface area contributed by atoms with Crippen LogP contribution in [-0.4, -0.2) is 55.8 Å². The highest BCUT2D eigenvalue weighted by Gasteiger charge is 2.10. The molecule has 166 valence electrons. The van der Waals surface area contributed by atoms with Gasteiger partial charge in [0.25, 0.3) is 0 Å². The highest BCUT2D eigenvalue weighted by Crippen LogP contribution is 2.13. The fourth-order valence-corrected chi connectivity index (χ4v) is 2.98. The van der Waals surface area contributed by atoms with Crippen LogP contribution in [0.25, 0.3) is 0 Å². The summed E-state index contributed by atoms with van der Waals surface area (Å²) in [5, 5.41) is 0. The topological polar surface area (TPSA) is 86.7 Å². The van der Waals surface area contributed by atoms with Gasteiger partial charge in [0.15, 0.2) is 19.7 Å². The van der Waals surface area contributed by atoms with E-state index in [1.54, 1.807) is 0 Å². The third-order valence-electron chi connectivity index (χ3n) is 3.07. The highest BCUT2D eigenvalue weighted by molar-refractivity contribution is 7.91. The Morgan fingerprint density at radius 1 is 0.571 bits per heavy atom. The summed E-state index contributed by atoms with van der Waals surface area (Å²) in [6.45, 7) is 12.2. The van der Waals surface area contributed by atoms with Crippen molar-refractivity contribution >= 4 is 19.7 Å². The van der Waals surface area contributed by atoms with E-state index in [4.69, 9.17) is 9.47 Å². The standard InChI is InChI=1S/C8H10O4S2.2C6H14O/c1-13(9,10)7-3-5-8(6-4-7)14(2,11)12;2*1-3-5-7-6-4-2/h3-6H,1-2H3;2*3-6H2,1-2H3. The minimum atomic E-state index is -3.26. The van der Waals surface area contributed by atoms with E-state index in [1.807, 2.05) is 0 Å². The first-order chi connectivity index (χ1) is 13.0. The van der Waals surface area contributed by atoms with Crippen LogP contribution >= 0.6 is 0 Å². The molecule has 0 amide bonds. The fourth-order valence-electron chi connectivity index (χ4n) is 1.72. The lowest BCUT2D eigenvalue weighted by Crippen LogP contribution is -2.00. The number of hydrogen-bond acceptors (Lipinski definition) is 6. The molecule has 0 atom stereocenters. The fraction of sp³-hybridized carbons (Fsp3) is 0.700. The van der Waals surface area contributed by atoms with Crippen LogP contribution in [0, 0.1) is 0 Å². The molecule has 0 aromatic heterocycles. The maximum absolute atomic E-state index is 11.0. The molecule has 0 saturated heterocycles. The van der Waals surface area contributed by atoms with Crippen molar-refractivity contribution in [3.63, 3.8) is 0 Å². The van der Waals surface area contributed by atoms with Crippen LogP contribution in [0.5, 0.6) is 0 Å². The molecule has 0 aliphatic carbocycles. The predicted octanol–water partition coefficient (Wildman–Crippen LogP) is 4.14. The second-order valence-corrected chi connectivity index (χ2v) is 10.3. The zero-order chi connectivity index (χ0) is 22.1. The summed E-state index contributed by atoms with van der Waals surface area (Å²) in [4.78, 5) is 0.231. The van der Waals surface area contributed by atoms with Crippen molar-refractivity contribution in [1.82, 2.24) is 0 Å². The van der Waals surface area contributed by atoms with Crippen molar-refractivity contribution < 1.29 is 26.3 Å². The Balaban J connectivity index is 0. The summed E-state index contributed by atoms with van der Waals surface area (Å²) in [5.74, 6) is 0. The van der Waals surface area contributed by atoms with Crippen LogP contribution in [0.4, 0.5) is 0 Å². The van der Waals surface area contributed by atoms with Crippen molar-refractivity contribution in [3.8, 4) is 0 Å². The van der Waals surface area contributed by atoms with Crippen molar-refractivity contribution in [1.29, 1.82) is 0 Å². The molecule has 0 bridgehead atoms. The van der Waals surface area contributed by atoms with Crippen LogP contribution in [0.15, 0.2) is 34.1 Å². The quantitative estimate of drug-likeness (QED) is 0.510. The lowest BCUT2D eigenvalue weighted by Gasteiger charge is -2.00. The molecule has 0 aliphatic rings. The summed E-state index contributed by atoms with van der Waals surface area (Å²) in [7, 11) is -6.52. The highest BCUT2D eigenvalue weighted by atomic mass is 32.2. The third-order valence-corrected chi connectivity index (χ3v) is 5.33. The average molecular weight is 439 g/mol. The van der Waals surface area contributed by atoms with Crippen LogP contribution in [0.1, 0.15) is 53.4 Å². The number of sulfone groups is 2. The zero-order valence-corrected chi connectivity index (χ0v) is 19.9. The van der Waals surface area contributed by atoms with Gasteiger partial charge < -0.3 is 9.47 Å². The maximum atomic E-state index is 11.0. The lowest BCUT2D eigenvalue weighted by atomic mass is 10.4. The van der Waals surface area contributed by atoms with Crippen LogP contribution in [0.3, 0.4) is 0 Å². The van der Waals surface area contributed by atoms with Gasteiger partial charge in [-0.15, -0.1) is 0 Å². The van der Waals surface area contributed by atoms with Gasteiger partial charge in [0.2, 0.25) is 0 Å². The molecule has 0 N–H and O–H groups in total. The average Bonchev–Trinajstić information content (AvgIpc) is 2.62. The minimum Gasteiger partial charge on any atom is -0.381 e. The lowest BCUT2D eigenvalue weighted by molar-refractivity contribution is 0.135. The van der Waals surface area contributed by atoms with Gasteiger partial charge in [-0.3, -0.25) is 0 Å². The number of rotatable bonds is 10. The Kier molecular flexibility index (Phi) is 17.7. The molecule has 0 spiro atoms. The van der Waals surface area contributed by atoms with E-state index in [2.05, 4.69) is 27.7 Å². The van der Waals surface area contributed by atoms with E-state index in [1.165, 1.54) is 24.3 Å². The largest absolute Gasteiger partial charge is 0.381 e. The Labute approximate surface area is 172 Å². The SMILES string of the molecule is CCCOCCC.CCCOCCC.CS(=O)(=O)c1ccc(S(C)(=O)=O)cc1. The Morgan fingerprint density at radius 3 is 0.929 bits per heavy atom. The van der Waals surface area contributed by atoms with E-state index in [9.17, 15) is 16.8 Å². The first-order valence-electron chi connectivity index (χ1n) is 9.70. The summed E-state index contributed by atoms with van der Waals surface area (Å²) in [6, 6.07) is 5.13. The van der Waals surface area contributed by atoms with Gasteiger partial charge in [-0.1, -0.05) is 27.7 Å². The van der Waals surface area contributed by atoms with Crippen LogP contribution in [0.2, 0.25) is 0 Å². The monoisotopic (exact) mass is 438 g/mol. The van der Waals surface area contributed by atoms with E-state index in [0.717, 1.165) is 64.6 Å². The van der Waals surface area contributed by atoms with Gasteiger partial charge in [-0.2, -0.15) is 0 Å². The number of ether oxygens (including phenoxy) is 2. The molecule has 0 unspecified atom stereocenters. The van der Waals surface area contributed by atoms with Gasteiger partial charge in [-0.25, -0.2) is 16.8 Å². The van der Waals surface area contributed by atoms with Crippen molar-refractivity contribution in [2.24, 2.45) is 0 Å². The molecule has 0 radical (unpaired) electrons. The van der Waals surface area contributed by atoms with Gasteiger partial charge in [0, 0.05) is 38.9 Å². The van der Waals surface area contributed by atoms with Crippen LogP contribution < -0.4 is 0 Å². The van der Waals surface area contributed by atoms with E-state index < -0.39 is 19.7 Å². The van der Waals surface area contributed by atoms with Crippen molar-refractivity contribution in [2.45, 2.75) is 63.2 Å². The molecule has 1 rings (SSSR count). The molecule has 0 aliphatic heterocycles. The van der Waals surface area contributed by atoms with Crippen LogP contribution in [-0.2, 0) is 29.1 Å². The summed E-state index contributed by atoms with van der Waals surface area (Å²) >= 11 is 0. The first-order valence-corrected chi connectivity index (χ1v) is 13.5. The smallest absolute Gasteiger partial charge is 0.175 e. The Bertz CT molecular complexity index is 611. The summed E-state index contributed by atoms with van der Waals surface area (Å²) in [5.41, 5.74) is 0. The third kappa shape index (κ3) is 17.2. The van der Waals surface area contributed by atoms with Crippen molar-refractivity contribution in [2.75, 3.05) is 38.9 Å². The minimum absolute atomic E-state index is 0.116. The molecule has 1 aromatic carbocycles. The van der Waals surface area contributed by atoms with E-state index >= 15 is 0 Å². The predicted molar refractivity (Wildman–Crippen MR) is 115 cm³/mol.